The first kappa shape index (κ1) is 28.1. The van der Waals surface area contributed by atoms with E-state index in [9.17, 15) is 18.0 Å². The molecule has 0 radical (unpaired) electrons. The standard InChI is InChI=1S/C30H30F3N9O2/c1-44-29-20(28(43)39-23-14-40(13-21(23)31)11-17-8-30(32,33)9-17)6-18(10-35-29)25-7-19(26-27(34)36-15-38-42(25)26)12-41-16-37-22-4-2-3-5-24(22)41/h2-7,10,15-17,21,23H,8-9,11-14H2,1H3,(H,39,43)(H2,34,36,38)/t21-,23+/m0/s1. The van der Waals surface area contributed by atoms with Gasteiger partial charge in [0.1, 0.15) is 23.6 Å². The lowest BCUT2D eigenvalue weighted by atomic mass is 9.81. The van der Waals surface area contributed by atoms with Crippen LogP contribution in [0.25, 0.3) is 27.8 Å². The van der Waals surface area contributed by atoms with Gasteiger partial charge in [0.25, 0.3) is 5.91 Å². The van der Waals surface area contributed by atoms with Crippen molar-refractivity contribution in [2.45, 2.75) is 37.5 Å². The summed E-state index contributed by atoms with van der Waals surface area (Å²) in [6.45, 7) is 1.13. The largest absolute Gasteiger partial charge is 0.480 e. The van der Waals surface area contributed by atoms with Crippen molar-refractivity contribution in [2.75, 3.05) is 32.5 Å². The molecule has 1 aliphatic carbocycles. The highest BCUT2D eigenvalue weighted by molar-refractivity contribution is 5.98. The number of nitrogens with zero attached hydrogens (tertiary/aromatic N) is 7. The van der Waals surface area contributed by atoms with Gasteiger partial charge >= 0.3 is 0 Å². The van der Waals surface area contributed by atoms with Gasteiger partial charge in [0.2, 0.25) is 11.8 Å². The topological polar surface area (TPSA) is 128 Å². The molecular weight excluding hydrogens is 575 g/mol. The summed E-state index contributed by atoms with van der Waals surface area (Å²) < 4.78 is 50.5. The molecule has 0 unspecified atom stereocenters. The number of alkyl halides is 3. The first-order valence-electron chi connectivity index (χ1n) is 14.3. The van der Waals surface area contributed by atoms with Crippen LogP contribution in [0.15, 0.2) is 55.2 Å². The van der Waals surface area contributed by atoms with Gasteiger partial charge in [-0.2, -0.15) is 5.10 Å². The van der Waals surface area contributed by atoms with Crippen LogP contribution in [-0.4, -0.2) is 84.8 Å². The molecule has 2 fully saturated rings. The summed E-state index contributed by atoms with van der Waals surface area (Å²) in [7, 11) is 1.40. The molecule has 1 saturated carbocycles. The molecule has 44 heavy (non-hydrogen) atoms. The number of halogens is 3. The molecule has 5 aromatic rings. The quantitative estimate of drug-likeness (QED) is 0.275. The summed E-state index contributed by atoms with van der Waals surface area (Å²) in [4.78, 5) is 28.3. The zero-order valence-corrected chi connectivity index (χ0v) is 23.8. The Morgan fingerprint density at radius 2 is 1.98 bits per heavy atom. The highest BCUT2D eigenvalue weighted by Gasteiger charge is 2.47. The van der Waals surface area contributed by atoms with E-state index < -0.39 is 24.0 Å². The van der Waals surface area contributed by atoms with E-state index in [1.165, 1.54) is 13.4 Å². The Morgan fingerprint density at radius 1 is 1.16 bits per heavy atom. The van der Waals surface area contributed by atoms with Gasteiger partial charge in [-0.25, -0.2) is 32.6 Å². The lowest BCUT2D eigenvalue weighted by molar-refractivity contribution is -0.115. The Kier molecular flexibility index (Phi) is 6.87. The number of nitrogen functional groups attached to an aromatic ring is 1. The maximum atomic E-state index is 14.9. The molecule has 14 heteroatoms. The van der Waals surface area contributed by atoms with Crippen LogP contribution in [0.2, 0.25) is 0 Å². The second-order valence-corrected chi connectivity index (χ2v) is 11.5. The third-order valence-electron chi connectivity index (χ3n) is 8.45. The molecule has 1 amide bonds. The third-order valence-corrected chi connectivity index (χ3v) is 8.45. The number of benzene rings is 1. The van der Waals surface area contributed by atoms with Gasteiger partial charge in [0.15, 0.2) is 5.82 Å². The molecule has 5 heterocycles. The zero-order chi connectivity index (χ0) is 30.6. The van der Waals surface area contributed by atoms with Gasteiger partial charge < -0.3 is 20.4 Å². The summed E-state index contributed by atoms with van der Waals surface area (Å²) in [6, 6.07) is 10.5. The number of aromatic nitrogens is 6. The number of hydrogen-bond donors (Lipinski definition) is 2. The van der Waals surface area contributed by atoms with E-state index in [0.29, 0.717) is 29.9 Å². The number of fused-ring (bicyclic) bond motifs is 2. The van der Waals surface area contributed by atoms with Gasteiger partial charge in [-0.3, -0.25) is 9.69 Å². The number of pyridine rings is 1. The van der Waals surface area contributed by atoms with Crippen LogP contribution >= 0.6 is 0 Å². The normalized spacial score (nSPS) is 20.3. The number of methoxy groups -OCH3 is 1. The second-order valence-electron chi connectivity index (χ2n) is 11.5. The number of carbonyl (C=O) groups is 1. The van der Waals surface area contributed by atoms with Crippen molar-refractivity contribution in [3.63, 3.8) is 0 Å². The Hall–Kier alpha value is -4.72. The van der Waals surface area contributed by atoms with Crippen molar-refractivity contribution >= 4 is 28.3 Å². The molecule has 2 atom stereocenters. The van der Waals surface area contributed by atoms with Crippen molar-refractivity contribution in [2.24, 2.45) is 5.92 Å². The second kappa shape index (κ2) is 10.8. The molecule has 7 rings (SSSR count). The molecule has 1 saturated heterocycles. The first-order valence-corrected chi connectivity index (χ1v) is 14.3. The van der Waals surface area contributed by atoms with E-state index in [1.54, 1.807) is 28.0 Å². The van der Waals surface area contributed by atoms with Crippen molar-refractivity contribution in [3.05, 3.63) is 66.4 Å². The Morgan fingerprint density at radius 3 is 2.77 bits per heavy atom. The monoisotopic (exact) mass is 605 g/mol. The predicted octanol–water partition coefficient (Wildman–Crippen LogP) is 3.58. The first-order chi connectivity index (χ1) is 21.2. The Labute approximate surface area is 249 Å². The molecule has 228 valence electrons. The van der Waals surface area contributed by atoms with Crippen LogP contribution in [0.1, 0.15) is 28.8 Å². The minimum absolute atomic E-state index is 0.0771. The summed E-state index contributed by atoms with van der Waals surface area (Å²) >= 11 is 0. The van der Waals surface area contributed by atoms with Crippen LogP contribution in [0, 0.1) is 5.92 Å². The van der Waals surface area contributed by atoms with Gasteiger partial charge in [-0.15, -0.1) is 0 Å². The highest BCUT2D eigenvalue weighted by atomic mass is 19.3. The lowest BCUT2D eigenvalue weighted by Crippen LogP contribution is -2.43. The van der Waals surface area contributed by atoms with E-state index in [4.69, 9.17) is 10.5 Å². The fraction of sp³-hybridized carbons (Fsp3) is 0.367. The third kappa shape index (κ3) is 5.08. The van der Waals surface area contributed by atoms with E-state index in [2.05, 4.69) is 25.4 Å². The number of likely N-dealkylation sites (tertiary alicyclic amines) is 1. The number of nitrogens with one attached hydrogen (secondary N) is 1. The number of carbonyl (C=O) groups excluding carboxylic acids is 1. The average Bonchev–Trinajstić information content (AvgIpc) is 3.68. The number of ether oxygens (including phenoxy) is 1. The van der Waals surface area contributed by atoms with Gasteiger partial charge in [-0.05, 0) is 30.2 Å². The summed E-state index contributed by atoms with van der Waals surface area (Å²) in [5, 5.41) is 7.20. The Bertz CT molecular complexity index is 1870. The number of hydrogen-bond acceptors (Lipinski definition) is 8. The molecule has 3 N–H and O–H groups in total. The highest BCUT2D eigenvalue weighted by Crippen LogP contribution is 2.43. The zero-order valence-electron chi connectivity index (χ0n) is 23.8. The lowest BCUT2D eigenvalue weighted by Gasteiger charge is -2.37. The minimum Gasteiger partial charge on any atom is -0.480 e. The van der Waals surface area contributed by atoms with Gasteiger partial charge in [-0.1, -0.05) is 12.1 Å². The molecule has 0 bridgehead atoms. The average molecular weight is 606 g/mol. The number of amides is 1. The van der Waals surface area contributed by atoms with Crippen LogP contribution < -0.4 is 15.8 Å². The van der Waals surface area contributed by atoms with Crippen LogP contribution in [-0.2, 0) is 6.54 Å². The molecular formula is C30H30F3N9O2. The number of imidazole rings is 1. The predicted molar refractivity (Wildman–Crippen MR) is 156 cm³/mol. The Balaban J connectivity index is 1.16. The fourth-order valence-electron chi connectivity index (χ4n) is 6.36. The minimum atomic E-state index is -2.63. The fourth-order valence-corrected chi connectivity index (χ4v) is 6.36. The van der Waals surface area contributed by atoms with Crippen LogP contribution in [0.5, 0.6) is 5.88 Å². The van der Waals surface area contributed by atoms with E-state index >= 15 is 0 Å². The number of anilines is 1. The van der Waals surface area contributed by atoms with Crippen molar-refractivity contribution < 1.29 is 22.7 Å². The van der Waals surface area contributed by atoms with E-state index in [-0.39, 0.29) is 49.1 Å². The van der Waals surface area contributed by atoms with E-state index in [0.717, 1.165) is 16.6 Å². The van der Waals surface area contributed by atoms with Crippen LogP contribution in [0.3, 0.4) is 0 Å². The summed E-state index contributed by atoms with van der Waals surface area (Å²) in [5.41, 5.74) is 10.9. The smallest absolute Gasteiger partial charge is 0.257 e. The maximum Gasteiger partial charge on any atom is 0.257 e. The summed E-state index contributed by atoms with van der Waals surface area (Å²) in [6.07, 6.45) is 2.98. The van der Waals surface area contributed by atoms with Gasteiger partial charge in [0, 0.05) is 49.8 Å². The SMILES string of the molecule is COc1ncc(-c2cc(Cn3cnc4ccccc43)c3c(N)ncnn23)cc1C(=O)N[C@@H]1CN(CC2CC(F)(F)C2)C[C@@H]1F. The summed E-state index contributed by atoms with van der Waals surface area (Å²) in [5.74, 6) is -2.98. The molecule has 0 spiro atoms. The molecule has 1 aromatic carbocycles. The number of para-hydroxylation sites is 2. The van der Waals surface area contributed by atoms with E-state index in [1.807, 2.05) is 34.9 Å². The molecule has 1 aliphatic heterocycles. The molecule has 11 nitrogen and oxygen atoms in total. The van der Waals surface area contributed by atoms with Gasteiger partial charge in [0.05, 0.1) is 42.8 Å². The van der Waals surface area contributed by atoms with Crippen molar-refractivity contribution in [1.29, 1.82) is 0 Å². The number of nitrogens with two attached hydrogens (primary N) is 1. The number of rotatable bonds is 8. The van der Waals surface area contributed by atoms with Crippen LogP contribution in [0.4, 0.5) is 19.0 Å². The maximum absolute atomic E-state index is 14.9. The molecule has 4 aromatic heterocycles. The van der Waals surface area contributed by atoms with Crippen molar-refractivity contribution in [3.8, 4) is 17.1 Å². The van der Waals surface area contributed by atoms with Crippen molar-refractivity contribution in [1.82, 2.24) is 39.3 Å². The molecule has 2 aliphatic rings.